The van der Waals surface area contributed by atoms with Crippen LogP contribution in [0.4, 0.5) is 0 Å². The van der Waals surface area contributed by atoms with Gasteiger partial charge < -0.3 is 9.13 Å². The SMILES string of the molecule is c1ccc(-c2ccc(-n3c4ccccc4c4cc(-c5ccccc5)ccc43)c(-c3ccc(-c4ccc(-c5nc(-c6ccccc6)nc(-c6ccc(-c7ccccc7)c(-n7c8ccccc8c8ccccc87)c6)n5)cc4)cc3)c2)cc1. The lowest BCUT2D eigenvalue weighted by Gasteiger charge is -2.17. The van der Waals surface area contributed by atoms with Crippen LogP contribution in [0.5, 0.6) is 0 Å². The number of nitrogens with zero attached hydrogens (tertiary/aromatic N) is 5. The molecule has 0 spiro atoms. The van der Waals surface area contributed by atoms with Crippen LogP contribution in [0.2, 0.25) is 0 Å². The quantitative estimate of drug-likeness (QED) is 0.137. The molecule has 15 rings (SSSR count). The molecule has 5 nitrogen and oxygen atoms in total. The Balaban J connectivity index is 0.813. The number of rotatable bonds is 10. The number of hydrogen-bond donors (Lipinski definition) is 0. The van der Waals surface area contributed by atoms with Gasteiger partial charge in [-0.05, 0) is 93.0 Å². The van der Waals surface area contributed by atoms with Crippen molar-refractivity contribution in [2.45, 2.75) is 0 Å². The minimum Gasteiger partial charge on any atom is -0.309 e. The van der Waals surface area contributed by atoms with Crippen LogP contribution in [0.1, 0.15) is 0 Å². The van der Waals surface area contributed by atoms with Crippen LogP contribution in [0.15, 0.2) is 297 Å². The van der Waals surface area contributed by atoms with Crippen molar-refractivity contribution in [3.8, 4) is 101 Å². The fourth-order valence-corrected chi connectivity index (χ4v) is 11.7. The van der Waals surface area contributed by atoms with Crippen LogP contribution >= 0.6 is 0 Å². The van der Waals surface area contributed by atoms with Crippen LogP contribution in [-0.2, 0) is 0 Å². The van der Waals surface area contributed by atoms with E-state index < -0.39 is 0 Å². The van der Waals surface area contributed by atoms with E-state index >= 15 is 0 Å². The maximum atomic E-state index is 5.28. The molecule has 0 saturated heterocycles. The Morgan fingerprint density at radius 3 is 1.07 bits per heavy atom. The molecule has 0 atom stereocenters. The third-order valence-electron chi connectivity index (χ3n) is 15.6. The first kappa shape index (κ1) is 46.5. The van der Waals surface area contributed by atoms with Crippen molar-refractivity contribution in [1.82, 2.24) is 24.1 Å². The Kier molecular flexibility index (Phi) is 11.4. The third kappa shape index (κ3) is 8.24. The molecule has 80 heavy (non-hydrogen) atoms. The van der Waals surface area contributed by atoms with E-state index in [1.165, 1.54) is 54.8 Å². The average Bonchev–Trinajstić information content (AvgIpc) is 4.25. The van der Waals surface area contributed by atoms with Gasteiger partial charge in [0.15, 0.2) is 17.5 Å². The fourth-order valence-electron chi connectivity index (χ4n) is 11.7. The lowest BCUT2D eigenvalue weighted by atomic mass is 9.95. The lowest BCUT2D eigenvalue weighted by molar-refractivity contribution is 1.07. The summed E-state index contributed by atoms with van der Waals surface area (Å²) in [7, 11) is 0. The molecule has 0 aliphatic rings. The maximum Gasteiger partial charge on any atom is 0.164 e. The Bertz CT molecular complexity index is 4720. The van der Waals surface area contributed by atoms with Gasteiger partial charge in [0.25, 0.3) is 0 Å². The number of benzene rings is 12. The number of para-hydroxylation sites is 3. The Morgan fingerprint density at radius 2 is 0.525 bits per heavy atom. The summed E-state index contributed by atoms with van der Waals surface area (Å²) >= 11 is 0. The summed E-state index contributed by atoms with van der Waals surface area (Å²) in [4.78, 5) is 15.6. The van der Waals surface area contributed by atoms with Crippen LogP contribution in [0, 0.1) is 0 Å². The number of fused-ring (bicyclic) bond motifs is 6. The Morgan fingerprint density at radius 1 is 0.188 bits per heavy atom. The zero-order valence-corrected chi connectivity index (χ0v) is 43.5. The molecule has 0 bridgehead atoms. The minimum atomic E-state index is 0.601. The monoisotopic (exact) mass is 1020 g/mol. The highest BCUT2D eigenvalue weighted by Gasteiger charge is 2.21. The molecule has 0 N–H and O–H groups in total. The van der Waals surface area contributed by atoms with Crippen molar-refractivity contribution in [3.05, 3.63) is 297 Å². The molecule has 3 aromatic heterocycles. The van der Waals surface area contributed by atoms with E-state index in [0.29, 0.717) is 17.5 Å². The van der Waals surface area contributed by atoms with E-state index in [9.17, 15) is 0 Å². The summed E-state index contributed by atoms with van der Waals surface area (Å²) < 4.78 is 4.83. The smallest absolute Gasteiger partial charge is 0.164 e. The Hall–Kier alpha value is -10.8. The summed E-state index contributed by atoms with van der Waals surface area (Å²) in [5.41, 5.74) is 21.0. The Labute approximate surface area is 463 Å². The maximum absolute atomic E-state index is 5.28. The van der Waals surface area contributed by atoms with Gasteiger partial charge in [0.2, 0.25) is 0 Å². The van der Waals surface area contributed by atoms with Gasteiger partial charge in [-0.3, -0.25) is 0 Å². The summed E-state index contributed by atoms with van der Waals surface area (Å²) in [6.45, 7) is 0. The third-order valence-corrected chi connectivity index (χ3v) is 15.6. The van der Waals surface area contributed by atoms with Crippen molar-refractivity contribution in [3.63, 3.8) is 0 Å². The van der Waals surface area contributed by atoms with Gasteiger partial charge in [0.1, 0.15) is 0 Å². The molecular formula is C75H49N5. The molecule has 5 heteroatoms. The molecule has 3 heterocycles. The predicted octanol–water partition coefficient (Wildman–Crippen LogP) is 19.4. The van der Waals surface area contributed by atoms with E-state index in [1.807, 2.05) is 18.2 Å². The lowest BCUT2D eigenvalue weighted by Crippen LogP contribution is -2.02. The van der Waals surface area contributed by atoms with Crippen LogP contribution in [0.25, 0.3) is 145 Å². The predicted molar refractivity (Wildman–Crippen MR) is 332 cm³/mol. The normalized spacial score (nSPS) is 11.5. The highest BCUT2D eigenvalue weighted by Crippen LogP contribution is 2.42. The minimum absolute atomic E-state index is 0.601. The molecule has 374 valence electrons. The number of aromatic nitrogens is 5. The van der Waals surface area contributed by atoms with E-state index in [4.69, 9.17) is 15.0 Å². The van der Waals surface area contributed by atoms with Gasteiger partial charge in [-0.2, -0.15) is 0 Å². The van der Waals surface area contributed by atoms with Crippen LogP contribution < -0.4 is 0 Å². The molecule has 0 aliphatic carbocycles. The summed E-state index contributed by atoms with van der Waals surface area (Å²) in [6, 6.07) is 106. The van der Waals surface area contributed by atoms with Gasteiger partial charge in [-0.15, -0.1) is 0 Å². The van der Waals surface area contributed by atoms with Crippen molar-refractivity contribution < 1.29 is 0 Å². The second-order valence-corrected chi connectivity index (χ2v) is 20.3. The van der Waals surface area contributed by atoms with Crippen molar-refractivity contribution >= 4 is 43.6 Å². The van der Waals surface area contributed by atoms with Gasteiger partial charge >= 0.3 is 0 Å². The zero-order chi connectivity index (χ0) is 52.9. The van der Waals surface area contributed by atoms with Crippen molar-refractivity contribution in [2.75, 3.05) is 0 Å². The summed E-state index contributed by atoms with van der Waals surface area (Å²) in [5.74, 6) is 1.82. The van der Waals surface area contributed by atoms with Crippen molar-refractivity contribution in [1.29, 1.82) is 0 Å². The molecule has 15 aromatic rings. The van der Waals surface area contributed by atoms with Crippen molar-refractivity contribution in [2.24, 2.45) is 0 Å². The second-order valence-electron chi connectivity index (χ2n) is 20.3. The molecule has 0 aliphatic heterocycles. The zero-order valence-electron chi connectivity index (χ0n) is 43.5. The molecule has 12 aromatic carbocycles. The molecule has 0 saturated carbocycles. The van der Waals surface area contributed by atoms with Gasteiger partial charge in [-0.1, -0.05) is 249 Å². The second kappa shape index (κ2) is 19.7. The summed E-state index contributed by atoms with van der Waals surface area (Å²) in [6.07, 6.45) is 0. The summed E-state index contributed by atoms with van der Waals surface area (Å²) in [5, 5.41) is 4.86. The molecule has 0 unspecified atom stereocenters. The molecule has 0 amide bonds. The molecular weight excluding hydrogens is 971 g/mol. The van der Waals surface area contributed by atoms with E-state index in [-0.39, 0.29) is 0 Å². The van der Waals surface area contributed by atoms with E-state index in [0.717, 1.165) is 72.5 Å². The topological polar surface area (TPSA) is 48.5 Å². The first-order chi connectivity index (χ1) is 39.7. The standard InChI is InChI=1S/C75H49N5/c1-5-19-50(20-6-1)58-42-45-70(79-69-32-18-15-29-64(69)66-48-59(43-46-71(66)79)51-21-7-2-8-22-51)65(47-58)55-37-33-52(34-38-55)53-35-39-57(40-36-53)74-76-73(56-25-11-4-12-26-56)77-75(78-74)60-41-44-61(54-23-9-3-10-24-54)72(49-60)80-67-30-16-13-27-62(67)63-28-14-17-31-68(63)80/h1-49H. The van der Waals surface area contributed by atoms with Crippen LogP contribution in [-0.4, -0.2) is 24.1 Å². The number of hydrogen-bond acceptors (Lipinski definition) is 3. The first-order valence-electron chi connectivity index (χ1n) is 27.2. The van der Waals surface area contributed by atoms with Gasteiger partial charge in [-0.25, -0.2) is 15.0 Å². The van der Waals surface area contributed by atoms with E-state index in [2.05, 4.69) is 288 Å². The highest BCUT2D eigenvalue weighted by atomic mass is 15.0. The van der Waals surface area contributed by atoms with E-state index in [1.54, 1.807) is 0 Å². The average molecular weight is 1020 g/mol. The fraction of sp³-hybridized carbons (Fsp3) is 0. The molecule has 0 radical (unpaired) electrons. The highest BCUT2D eigenvalue weighted by molar-refractivity contribution is 6.12. The largest absolute Gasteiger partial charge is 0.309 e. The molecule has 0 fully saturated rings. The van der Waals surface area contributed by atoms with Crippen LogP contribution in [0.3, 0.4) is 0 Å². The first-order valence-corrected chi connectivity index (χ1v) is 27.2. The van der Waals surface area contributed by atoms with Gasteiger partial charge in [0, 0.05) is 49.4 Å². The van der Waals surface area contributed by atoms with Gasteiger partial charge in [0.05, 0.1) is 33.4 Å².